The number of hydrogen-bond acceptors (Lipinski definition) is 3. The molecule has 4 nitrogen and oxygen atoms in total. The van der Waals surface area contributed by atoms with Crippen molar-refractivity contribution in [3.8, 4) is 0 Å². The van der Waals surface area contributed by atoms with Crippen LogP contribution in [0, 0.1) is 0 Å². The standard InChI is InChI=1S/C6H11O4/c7-4-2-1-3-6(9,10)5(4)8/h4-5,7-9H,1-3H2. The first-order chi connectivity index (χ1) is 4.54. The van der Waals surface area contributed by atoms with Crippen LogP contribution in [-0.2, 0) is 5.11 Å². The molecule has 3 unspecified atom stereocenters. The smallest absolute Gasteiger partial charge is 0.228 e. The summed E-state index contributed by atoms with van der Waals surface area (Å²) in [5.74, 6) is -2.34. The number of aliphatic hydroxyl groups excluding tert-OH is 2. The Balaban J connectivity index is 2.60. The minimum Gasteiger partial charge on any atom is -0.390 e. The summed E-state index contributed by atoms with van der Waals surface area (Å²) in [6.45, 7) is 0. The van der Waals surface area contributed by atoms with Gasteiger partial charge in [-0.25, -0.2) is 0 Å². The molecule has 3 atom stereocenters. The summed E-state index contributed by atoms with van der Waals surface area (Å²) >= 11 is 0. The highest BCUT2D eigenvalue weighted by Gasteiger charge is 2.42. The highest BCUT2D eigenvalue weighted by molar-refractivity contribution is 4.85. The lowest BCUT2D eigenvalue weighted by Crippen LogP contribution is -2.51. The van der Waals surface area contributed by atoms with Gasteiger partial charge in [0.1, 0.15) is 6.10 Å². The molecule has 4 heteroatoms. The van der Waals surface area contributed by atoms with Crippen LogP contribution in [0.5, 0.6) is 0 Å². The van der Waals surface area contributed by atoms with E-state index in [-0.39, 0.29) is 6.42 Å². The van der Waals surface area contributed by atoms with E-state index in [2.05, 4.69) is 0 Å². The first-order valence-electron chi connectivity index (χ1n) is 3.33. The van der Waals surface area contributed by atoms with Gasteiger partial charge < -0.3 is 15.3 Å². The van der Waals surface area contributed by atoms with Crippen molar-refractivity contribution in [3.05, 3.63) is 0 Å². The van der Waals surface area contributed by atoms with E-state index in [1.807, 2.05) is 0 Å². The largest absolute Gasteiger partial charge is 0.390 e. The van der Waals surface area contributed by atoms with Gasteiger partial charge in [0.2, 0.25) is 5.79 Å². The first-order valence-corrected chi connectivity index (χ1v) is 3.33. The SMILES string of the molecule is [O]C1(O)CCCC(O)C1O. The lowest BCUT2D eigenvalue weighted by molar-refractivity contribution is -0.294. The van der Waals surface area contributed by atoms with Crippen molar-refractivity contribution in [1.82, 2.24) is 0 Å². The molecule has 1 fully saturated rings. The molecule has 0 aromatic rings. The van der Waals surface area contributed by atoms with Gasteiger partial charge in [-0.15, -0.1) is 0 Å². The van der Waals surface area contributed by atoms with Gasteiger partial charge in [-0.1, -0.05) is 0 Å². The van der Waals surface area contributed by atoms with Gasteiger partial charge >= 0.3 is 0 Å². The zero-order valence-electron chi connectivity index (χ0n) is 5.53. The van der Waals surface area contributed by atoms with Crippen LogP contribution >= 0.6 is 0 Å². The molecule has 1 aliphatic rings. The van der Waals surface area contributed by atoms with E-state index in [9.17, 15) is 5.11 Å². The summed E-state index contributed by atoms with van der Waals surface area (Å²) in [4.78, 5) is 0. The van der Waals surface area contributed by atoms with E-state index < -0.39 is 18.0 Å². The van der Waals surface area contributed by atoms with E-state index in [4.69, 9.17) is 15.3 Å². The maximum atomic E-state index is 10.8. The zero-order valence-corrected chi connectivity index (χ0v) is 5.53. The molecule has 1 aliphatic carbocycles. The second kappa shape index (κ2) is 2.47. The predicted octanol–water partition coefficient (Wildman–Crippen LogP) is -0.989. The summed E-state index contributed by atoms with van der Waals surface area (Å²) in [5, 5.41) is 37.5. The fraction of sp³-hybridized carbons (Fsp3) is 1.00. The molecule has 0 spiro atoms. The Morgan fingerprint density at radius 2 is 2.00 bits per heavy atom. The quantitative estimate of drug-likeness (QED) is 0.385. The van der Waals surface area contributed by atoms with Crippen LogP contribution in [0.3, 0.4) is 0 Å². The fourth-order valence-electron chi connectivity index (χ4n) is 1.17. The van der Waals surface area contributed by atoms with E-state index in [0.717, 1.165) is 0 Å². The van der Waals surface area contributed by atoms with Crippen LogP contribution in [-0.4, -0.2) is 33.3 Å². The molecule has 0 heterocycles. The molecule has 0 aromatic carbocycles. The highest BCUT2D eigenvalue weighted by atomic mass is 16.5. The summed E-state index contributed by atoms with van der Waals surface area (Å²) < 4.78 is 0. The van der Waals surface area contributed by atoms with Crippen molar-refractivity contribution in [2.45, 2.75) is 37.3 Å². The summed E-state index contributed by atoms with van der Waals surface area (Å²) in [7, 11) is 0. The van der Waals surface area contributed by atoms with Crippen molar-refractivity contribution in [2.24, 2.45) is 0 Å². The monoisotopic (exact) mass is 147 g/mol. The van der Waals surface area contributed by atoms with Crippen LogP contribution in [0.15, 0.2) is 0 Å². The number of hydrogen-bond donors (Lipinski definition) is 3. The molecule has 0 bridgehead atoms. The molecule has 59 valence electrons. The Hall–Kier alpha value is -0.160. The molecule has 1 rings (SSSR count). The predicted molar refractivity (Wildman–Crippen MR) is 31.5 cm³/mol. The van der Waals surface area contributed by atoms with Crippen LogP contribution < -0.4 is 0 Å². The van der Waals surface area contributed by atoms with Gasteiger partial charge in [-0.2, -0.15) is 5.11 Å². The van der Waals surface area contributed by atoms with Crippen molar-refractivity contribution < 1.29 is 20.4 Å². The maximum Gasteiger partial charge on any atom is 0.228 e. The van der Waals surface area contributed by atoms with Crippen LogP contribution in [0.2, 0.25) is 0 Å². The normalized spacial score (nSPS) is 39.6. The third-order valence-electron chi connectivity index (χ3n) is 1.86. The average molecular weight is 147 g/mol. The van der Waals surface area contributed by atoms with Crippen LogP contribution in [0.1, 0.15) is 19.3 Å². The Bertz CT molecular complexity index is 123. The lowest BCUT2D eigenvalue weighted by atomic mass is 9.89. The van der Waals surface area contributed by atoms with Crippen molar-refractivity contribution in [1.29, 1.82) is 0 Å². The summed E-state index contributed by atoms with van der Waals surface area (Å²) in [5.41, 5.74) is 0. The van der Waals surface area contributed by atoms with E-state index in [1.54, 1.807) is 0 Å². The minimum absolute atomic E-state index is 0.0191. The molecular weight excluding hydrogens is 136 g/mol. The molecule has 3 N–H and O–H groups in total. The Labute approximate surface area is 58.7 Å². The molecule has 10 heavy (non-hydrogen) atoms. The average Bonchev–Trinajstić information content (AvgIpc) is 1.83. The topological polar surface area (TPSA) is 80.6 Å². The third kappa shape index (κ3) is 1.29. The van der Waals surface area contributed by atoms with Gasteiger partial charge in [0.15, 0.2) is 0 Å². The van der Waals surface area contributed by atoms with E-state index in [0.29, 0.717) is 12.8 Å². The molecule has 1 saturated carbocycles. The van der Waals surface area contributed by atoms with Crippen molar-refractivity contribution >= 4 is 0 Å². The van der Waals surface area contributed by atoms with Gasteiger partial charge in [0, 0.05) is 6.42 Å². The van der Waals surface area contributed by atoms with E-state index in [1.165, 1.54) is 0 Å². The molecule has 0 aromatic heterocycles. The second-order valence-corrected chi connectivity index (χ2v) is 2.75. The molecule has 0 amide bonds. The van der Waals surface area contributed by atoms with E-state index >= 15 is 0 Å². The maximum absolute atomic E-state index is 10.8. The Kier molecular flexibility index (Phi) is 1.96. The molecule has 0 saturated heterocycles. The second-order valence-electron chi connectivity index (χ2n) is 2.75. The third-order valence-corrected chi connectivity index (χ3v) is 1.86. The minimum atomic E-state index is -2.34. The fourth-order valence-corrected chi connectivity index (χ4v) is 1.17. The molecular formula is C6H11O4. The number of aliphatic hydroxyl groups is 3. The van der Waals surface area contributed by atoms with Crippen LogP contribution in [0.25, 0.3) is 0 Å². The van der Waals surface area contributed by atoms with Gasteiger partial charge in [-0.3, -0.25) is 0 Å². The van der Waals surface area contributed by atoms with Gasteiger partial charge in [-0.05, 0) is 12.8 Å². The Morgan fingerprint density at radius 1 is 1.40 bits per heavy atom. The molecule has 0 aliphatic heterocycles. The summed E-state index contributed by atoms with van der Waals surface area (Å²) in [6.07, 6.45) is -1.70. The van der Waals surface area contributed by atoms with Crippen molar-refractivity contribution in [2.75, 3.05) is 0 Å². The zero-order chi connectivity index (χ0) is 7.78. The van der Waals surface area contributed by atoms with Crippen molar-refractivity contribution in [3.63, 3.8) is 0 Å². The van der Waals surface area contributed by atoms with Gasteiger partial charge in [0.25, 0.3) is 0 Å². The number of rotatable bonds is 0. The molecule has 1 radical (unpaired) electrons. The highest BCUT2D eigenvalue weighted by Crippen LogP contribution is 2.26. The van der Waals surface area contributed by atoms with Gasteiger partial charge in [0.05, 0.1) is 6.10 Å². The summed E-state index contributed by atoms with van der Waals surface area (Å²) in [6, 6.07) is 0. The van der Waals surface area contributed by atoms with Crippen LogP contribution in [0.4, 0.5) is 0 Å². The first kappa shape index (κ1) is 7.94. The Morgan fingerprint density at radius 3 is 2.40 bits per heavy atom. The lowest BCUT2D eigenvalue weighted by Gasteiger charge is -2.33.